The molecule has 8 heteroatoms. The fourth-order valence-corrected chi connectivity index (χ4v) is 5.41. The van der Waals surface area contributed by atoms with Crippen molar-refractivity contribution in [3.05, 3.63) is 71.9 Å². The van der Waals surface area contributed by atoms with Crippen molar-refractivity contribution in [3.8, 4) is 5.75 Å². The molecule has 1 unspecified atom stereocenters. The molecule has 0 radical (unpaired) electrons. The van der Waals surface area contributed by atoms with Crippen molar-refractivity contribution in [1.29, 1.82) is 0 Å². The zero-order chi connectivity index (χ0) is 21.1. The number of sulfonamides is 1. The number of hydrogen-bond acceptors (Lipinski definition) is 5. The van der Waals surface area contributed by atoms with Crippen LogP contribution >= 0.6 is 0 Å². The molecule has 1 atom stereocenters. The maximum absolute atomic E-state index is 13.0. The van der Waals surface area contributed by atoms with Crippen molar-refractivity contribution < 1.29 is 13.2 Å². The summed E-state index contributed by atoms with van der Waals surface area (Å²) in [5, 5.41) is 0.100. The van der Waals surface area contributed by atoms with Crippen LogP contribution in [0.15, 0.2) is 60.0 Å². The first-order valence-electron chi connectivity index (χ1n) is 10.0. The molecule has 1 aromatic carbocycles. The lowest BCUT2D eigenvalue weighted by Crippen LogP contribution is -2.39. The van der Waals surface area contributed by atoms with Crippen LogP contribution in [0.1, 0.15) is 35.7 Å². The molecular weight excluding hydrogens is 400 g/mol. The largest absolute Gasteiger partial charge is 0.496 e. The fraction of sp³-hybridized carbons (Fsp3) is 0.364. The number of ether oxygens (including phenoxy) is 1. The van der Waals surface area contributed by atoms with Gasteiger partial charge in [0.25, 0.3) is 10.0 Å². The highest BCUT2D eigenvalue weighted by Gasteiger charge is 2.32. The maximum Gasteiger partial charge on any atom is 0.262 e. The summed E-state index contributed by atoms with van der Waals surface area (Å²) in [6.07, 6.45) is 5.44. The third-order valence-corrected chi connectivity index (χ3v) is 7.23. The molecule has 2 aromatic heterocycles. The number of piperidine rings is 1. The first kappa shape index (κ1) is 20.6. The second-order valence-electron chi connectivity index (χ2n) is 7.62. The minimum Gasteiger partial charge on any atom is -0.496 e. The zero-order valence-corrected chi connectivity index (χ0v) is 18.0. The Hall–Kier alpha value is -2.71. The minimum atomic E-state index is -3.59. The van der Waals surface area contributed by atoms with Crippen LogP contribution in [0.2, 0.25) is 0 Å². The fourth-order valence-electron chi connectivity index (χ4n) is 3.92. The van der Waals surface area contributed by atoms with E-state index in [-0.39, 0.29) is 10.9 Å². The van der Waals surface area contributed by atoms with E-state index in [4.69, 9.17) is 9.72 Å². The molecule has 3 heterocycles. The molecule has 3 aromatic rings. The first-order chi connectivity index (χ1) is 14.5. The third kappa shape index (κ3) is 4.24. The summed E-state index contributed by atoms with van der Waals surface area (Å²) in [7, 11) is -0.159. The number of methoxy groups -OCH3 is 1. The topological polar surface area (TPSA) is 77.3 Å². The Balaban J connectivity index is 1.53. The lowest BCUT2D eigenvalue weighted by atomic mass is 9.95. The van der Waals surface area contributed by atoms with Crippen LogP contribution in [0.3, 0.4) is 0 Å². The van der Waals surface area contributed by atoms with Gasteiger partial charge in [0.05, 0.1) is 13.4 Å². The Kier molecular flexibility index (Phi) is 5.87. The number of aromatic nitrogens is 3. The molecular formula is C22H26N4O3S. The molecule has 4 rings (SSSR count). The van der Waals surface area contributed by atoms with Crippen molar-refractivity contribution in [2.75, 3.05) is 20.2 Å². The molecule has 1 aliphatic heterocycles. The lowest BCUT2D eigenvalue weighted by Gasteiger charge is -2.31. The van der Waals surface area contributed by atoms with Crippen molar-refractivity contribution in [2.45, 2.75) is 30.2 Å². The Bertz CT molecular complexity index is 1130. The predicted molar refractivity (Wildman–Crippen MR) is 114 cm³/mol. The summed E-state index contributed by atoms with van der Waals surface area (Å²) in [5.41, 5.74) is 2.96. The number of benzene rings is 1. The molecule has 0 aliphatic carbocycles. The van der Waals surface area contributed by atoms with Gasteiger partial charge in [0, 0.05) is 55.6 Å². The summed E-state index contributed by atoms with van der Waals surface area (Å²) in [6, 6.07) is 13.9. The van der Waals surface area contributed by atoms with Crippen molar-refractivity contribution in [2.24, 2.45) is 7.05 Å². The van der Waals surface area contributed by atoms with E-state index < -0.39 is 10.0 Å². The van der Waals surface area contributed by atoms with Gasteiger partial charge in [0.1, 0.15) is 5.75 Å². The van der Waals surface area contributed by atoms with Crippen molar-refractivity contribution in [3.63, 3.8) is 0 Å². The summed E-state index contributed by atoms with van der Waals surface area (Å²) >= 11 is 0. The molecule has 0 saturated carbocycles. The molecule has 158 valence electrons. The third-order valence-electron chi connectivity index (χ3n) is 5.48. The highest BCUT2D eigenvalue weighted by Crippen LogP contribution is 2.29. The molecule has 0 spiro atoms. The van der Waals surface area contributed by atoms with Crippen LogP contribution in [0.5, 0.6) is 5.75 Å². The molecule has 0 bridgehead atoms. The molecule has 30 heavy (non-hydrogen) atoms. The van der Waals surface area contributed by atoms with Crippen LogP contribution in [-0.2, 0) is 23.5 Å². The van der Waals surface area contributed by atoms with Crippen LogP contribution in [0, 0.1) is 0 Å². The van der Waals surface area contributed by atoms with Gasteiger partial charge < -0.3 is 9.30 Å². The first-order valence-corrected chi connectivity index (χ1v) is 11.5. The van der Waals surface area contributed by atoms with Gasteiger partial charge in [-0.1, -0.05) is 24.3 Å². The average molecular weight is 427 g/mol. The van der Waals surface area contributed by atoms with Gasteiger partial charge in [-0.25, -0.2) is 13.4 Å². The molecule has 1 fully saturated rings. The van der Waals surface area contributed by atoms with E-state index in [1.165, 1.54) is 10.6 Å². The monoisotopic (exact) mass is 426 g/mol. The van der Waals surface area contributed by atoms with Gasteiger partial charge in [0.2, 0.25) is 0 Å². The van der Waals surface area contributed by atoms with Crippen LogP contribution in [0.25, 0.3) is 0 Å². The Morgan fingerprint density at radius 3 is 2.77 bits per heavy atom. The van der Waals surface area contributed by atoms with E-state index in [0.29, 0.717) is 19.5 Å². The summed E-state index contributed by atoms with van der Waals surface area (Å²) in [4.78, 5) is 8.91. The van der Waals surface area contributed by atoms with E-state index in [1.54, 1.807) is 24.9 Å². The van der Waals surface area contributed by atoms with Crippen molar-refractivity contribution >= 4 is 10.0 Å². The average Bonchev–Trinajstić information content (AvgIpc) is 3.22. The Morgan fingerprint density at radius 1 is 1.17 bits per heavy atom. The van der Waals surface area contributed by atoms with Gasteiger partial charge in [-0.2, -0.15) is 4.31 Å². The van der Waals surface area contributed by atoms with Gasteiger partial charge >= 0.3 is 0 Å². The Labute approximate surface area is 177 Å². The van der Waals surface area contributed by atoms with Crippen LogP contribution in [-0.4, -0.2) is 47.5 Å². The van der Waals surface area contributed by atoms with E-state index in [2.05, 4.69) is 4.98 Å². The number of aryl methyl sites for hydroxylation is 1. The van der Waals surface area contributed by atoms with Gasteiger partial charge in [-0.05, 0) is 31.0 Å². The summed E-state index contributed by atoms with van der Waals surface area (Å²) in [6.45, 7) is 0.931. The van der Waals surface area contributed by atoms with Crippen LogP contribution in [0.4, 0.5) is 0 Å². The normalized spacial score (nSPS) is 17.7. The lowest BCUT2D eigenvalue weighted by molar-refractivity contribution is 0.311. The Morgan fingerprint density at radius 2 is 2.00 bits per heavy atom. The highest BCUT2D eigenvalue weighted by molar-refractivity contribution is 7.89. The smallest absolute Gasteiger partial charge is 0.262 e. The summed E-state index contributed by atoms with van der Waals surface area (Å²) in [5.74, 6) is 0.907. The predicted octanol–water partition coefficient (Wildman–Crippen LogP) is 2.98. The molecule has 7 nitrogen and oxygen atoms in total. The second kappa shape index (κ2) is 8.57. The molecule has 1 saturated heterocycles. The number of pyridine rings is 1. The van der Waals surface area contributed by atoms with Crippen molar-refractivity contribution in [1.82, 2.24) is 18.8 Å². The minimum absolute atomic E-state index is 0.0647. The SMILES string of the molecule is COc1ccccc1Cc1cccc(C2CCCN(S(=O)(=O)c3cn(C)cn3)C2)n1. The number of nitrogens with zero attached hydrogens (tertiary/aromatic N) is 4. The van der Waals surface area contributed by atoms with E-state index in [1.807, 2.05) is 42.5 Å². The van der Waals surface area contributed by atoms with E-state index in [0.717, 1.165) is 35.5 Å². The maximum atomic E-state index is 13.0. The molecule has 1 aliphatic rings. The number of para-hydroxylation sites is 1. The highest BCUT2D eigenvalue weighted by atomic mass is 32.2. The second-order valence-corrected chi connectivity index (χ2v) is 9.51. The van der Waals surface area contributed by atoms with E-state index >= 15 is 0 Å². The molecule has 0 N–H and O–H groups in total. The van der Waals surface area contributed by atoms with Gasteiger partial charge in [0.15, 0.2) is 5.03 Å². The molecule has 0 amide bonds. The van der Waals surface area contributed by atoms with Crippen LogP contribution < -0.4 is 4.74 Å². The number of hydrogen-bond donors (Lipinski definition) is 0. The standard InChI is InChI=1S/C22H26N4O3S/c1-25-15-22(23-16-25)30(27,28)26-12-6-8-18(14-26)20-10-5-9-19(24-20)13-17-7-3-4-11-21(17)29-2/h3-5,7,9-11,15-16,18H,6,8,12-14H2,1-2H3. The van der Waals surface area contributed by atoms with Gasteiger partial charge in [-0.15, -0.1) is 0 Å². The number of imidazole rings is 1. The number of rotatable bonds is 6. The zero-order valence-electron chi connectivity index (χ0n) is 17.2. The summed E-state index contributed by atoms with van der Waals surface area (Å²) < 4.78 is 34.6. The van der Waals surface area contributed by atoms with E-state index in [9.17, 15) is 8.42 Å². The van der Waals surface area contributed by atoms with Gasteiger partial charge in [-0.3, -0.25) is 4.98 Å². The quantitative estimate of drug-likeness (QED) is 0.606.